The third-order valence-corrected chi connectivity index (χ3v) is 2.40. The summed E-state index contributed by atoms with van der Waals surface area (Å²) < 4.78 is 18.5. The topological polar surface area (TPSA) is 22.1 Å². The van der Waals surface area contributed by atoms with Gasteiger partial charge in [0.25, 0.3) is 0 Å². The summed E-state index contributed by atoms with van der Waals surface area (Å²) in [7, 11) is 0. The smallest absolute Gasteiger partial charge is 0.165 e. The average Bonchev–Trinajstić information content (AvgIpc) is 2.30. The van der Waals surface area contributed by atoms with Crippen molar-refractivity contribution < 1.29 is 9.13 Å². The predicted octanol–water partition coefficient (Wildman–Crippen LogP) is 3.45. The van der Waals surface area contributed by atoms with E-state index in [1.807, 2.05) is 0 Å². The lowest BCUT2D eigenvalue weighted by molar-refractivity contribution is 0.290. The fourth-order valence-corrected chi connectivity index (χ4v) is 1.42. The molecule has 0 fully saturated rings. The van der Waals surface area contributed by atoms with E-state index in [9.17, 15) is 4.39 Å². The number of aromatic nitrogens is 1. The maximum atomic E-state index is 13.2. The number of ether oxygens (including phenoxy) is 1. The van der Waals surface area contributed by atoms with Crippen molar-refractivity contribution in [3.8, 4) is 5.75 Å². The van der Waals surface area contributed by atoms with E-state index in [1.165, 1.54) is 6.07 Å². The third kappa shape index (κ3) is 2.49. The number of nitrogens with zero attached hydrogens (tertiary/aromatic N) is 1. The standard InChI is InChI=1S/C12H9ClFNO/c13-12-9(4-3-7-15-12)8-16-11-6-2-1-5-10(11)14/h1-7H,8H2. The van der Waals surface area contributed by atoms with Gasteiger partial charge >= 0.3 is 0 Å². The number of halogens is 2. The van der Waals surface area contributed by atoms with Gasteiger partial charge in [0.05, 0.1) is 0 Å². The van der Waals surface area contributed by atoms with Gasteiger partial charge in [-0.1, -0.05) is 29.8 Å². The molecule has 82 valence electrons. The maximum Gasteiger partial charge on any atom is 0.165 e. The van der Waals surface area contributed by atoms with E-state index in [0.29, 0.717) is 5.15 Å². The van der Waals surface area contributed by atoms with Crippen LogP contribution in [-0.4, -0.2) is 4.98 Å². The fourth-order valence-electron chi connectivity index (χ4n) is 1.24. The molecule has 0 unspecified atom stereocenters. The second-order valence-electron chi connectivity index (χ2n) is 3.17. The van der Waals surface area contributed by atoms with Crippen LogP contribution in [0.2, 0.25) is 5.15 Å². The molecular formula is C12H9ClFNO. The van der Waals surface area contributed by atoms with Crippen LogP contribution in [0, 0.1) is 5.82 Å². The molecule has 4 heteroatoms. The molecule has 0 aliphatic carbocycles. The van der Waals surface area contributed by atoms with Crippen molar-refractivity contribution in [1.82, 2.24) is 4.98 Å². The molecule has 0 aliphatic rings. The predicted molar refractivity (Wildman–Crippen MR) is 60.0 cm³/mol. The summed E-state index contributed by atoms with van der Waals surface area (Å²) in [6.07, 6.45) is 1.59. The number of rotatable bonds is 3. The molecule has 2 nitrogen and oxygen atoms in total. The maximum absolute atomic E-state index is 13.2. The largest absolute Gasteiger partial charge is 0.486 e. The van der Waals surface area contributed by atoms with Crippen molar-refractivity contribution >= 4 is 11.6 Å². The summed E-state index contributed by atoms with van der Waals surface area (Å²) in [6, 6.07) is 9.78. The Labute approximate surface area is 97.7 Å². The molecule has 0 radical (unpaired) electrons. The molecule has 0 bridgehead atoms. The van der Waals surface area contributed by atoms with E-state index in [2.05, 4.69) is 4.98 Å². The van der Waals surface area contributed by atoms with Gasteiger partial charge in [-0.3, -0.25) is 0 Å². The van der Waals surface area contributed by atoms with Gasteiger partial charge in [0, 0.05) is 11.8 Å². The fraction of sp³-hybridized carbons (Fsp3) is 0.0833. The Morgan fingerprint density at radius 3 is 2.75 bits per heavy atom. The molecule has 1 aromatic heterocycles. The summed E-state index contributed by atoms with van der Waals surface area (Å²) in [5.41, 5.74) is 0.729. The van der Waals surface area contributed by atoms with E-state index in [-0.39, 0.29) is 18.2 Å². The zero-order valence-electron chi connectivity index (χ0n) is 8.36. The number of hydrogen-bond donors (Lipinski definition) is 0. The van der Waals surface area contributed by atoms with Gasteiger partial charge in [0.15, 0.2) is 11.6 Å². The Morgan fingerprint density at radius 2 is 2.00 bits per heavy atom. The van der Waals surface area contributed by atoms with Crippen LogP contribution in [0.3, 0.4) is 0 Å². The monoisotopic (exact) mass is 237 g/mol. The zero-order chi connectivity index (χ0) is 11.4. The van der Waals surface area contributed by atoms with Crippen molar-refractivity contribution in [3.05, 3.63) is 59.1 Å². The Hall–Kier alpha value is -1.61. The first kappa shape index (κ1) is 10.9. The van der Waals surface area contributed by atoms with E-state index in [1.54, 1.807) is 36.5 Å². The molecular weight excluding hydrogens is 229 g/mol. The van der Waals surface area contributed by atoms with E-state index < -0.39 is 0 Å². The Morgan fingerprint density at radius 1 is 1.19 bits per heavy atom. The minimum Gasteiger partial charge on any atom is -0.486 e. The van der Waals surface area contributed by atoms with Crippen LogP contribution in [0.1, 0.15) is 5.56 Å². The van der Waals surface area contributed by atoms with Gasteiger partial charge in [-0.2, -0.15) is 0 Å². The van der Waals surface area contributed by atoms with Crippen LogP contribution in [0.25, 0.3) is 0 Å². The van der Waals surface area contributed by atoms with Crippen LogP contribution in [-0.2, 0) is 6.61 Å². The molecule has 1 aromatic carbocycles. The van der Waals surface area contributed by atoms with Gasteiger partial charge in [-0.15, -0.1) is 0 Å². The second kappa shape index (κ2) is 4.94. The van der Waals surface area contributed by atoms with Crippen molar-refractivity contribution in [2.24, 2.45) is 0 Å². The summed E-state index contributed by atoms with van der Waals surface area (Å²) >= 11 is 5.85. The normalized spacial score (nSPS) is 10.1. The van der Waals surface area contributed by atoms with Gasteiger partial charge in [0.2, 0.25) is 0 Å². The molecule has 0 saturated carbocycles. The molecule has 0 amide bonds. The number of pyridine rings is 1. The highest BCUT2D eigenvalue weighted by Crippen LogP contribution is 2.19. The zero-order valence-corrected chi connectivity index (χ0v) is 9.12. The minimum atomic E-state index is -0.387. The SMILES string of the molecule is Fc1ccccc1OCc1cccnc1Cl. The summed E-state index contributed by atoms with van der Waals surface area (Å²) in [6.45, 7) is 0.202. The molecule has 2 rings (SSSR count). The Kier molecular flexibility index (Phi) is 3.37. The van der Waals surface area contributed by atoms with E-state index in [4.69, 9.17) is 16.3 Å². The number of hydrogen-bond acceptors (Lipinski definition) is 2. The van der Waals surface area contributed by atoms with Gasteiger partial charge in [-0.05, 0) is 18.2 Å². The summed E-state index contributed by atoms with van der Waals surface area (Å²) in [4.78, 5) is 3.91. The first-order valence-electron chi connectivity index (χ1n) is 4.74. The lowest BCUT2D eigenvalue weighted by Crippen LogP contribution is -1.98. The highest BCUT2D eigenvalue weighted by Gasteiger charge is 2.04. The highest BCUT2D eigenvalue weighted by atomic mass is 35.5. The number of benzene rings is 1. The average molecular weight is 238 g/mol. The van der Waals surface area contributed by atoms with E-state index >= 15 is 0 Å². The Balaban J connectivity index is 2.09. The van der Waals surface area contributed by atoms with Crippen molar-refractivity contribution in [1.29, 1.82) is 0 Å². The van der Waals surface area contributed by atoms with E-state index in [0.717, 1.165) is 5.56 Å². The molecule has 0 spiro atoms. The Bertz CT molecular complexity index is 444. The molecule has 16 heavy (non-hydrogen) atoms. The van der Waals surface area contributed by atoms with Crippen LogP contribution in [0.4, 0.5) is 4.39 Å². The molecule has 0 atom stereocenters. The van der Waals surface area contributed by atoms with Gasteiger partial charge in [-0.25, -0.2) is 9.37 Å². The summed E-state index contributed by atoms with van der Waals surface area (Å²) in [5, 5.41) is 0.374. The van der Waals surface area contributed by atoms with Gasteiger partial charge < -0.3 is 4.74 Å². The van der Waals surface area contributed by atoms with Crippen molar-refractivity contribution in [2.75, 3.05) is 0 Å². The second-order valence-corrected chi connectivity index (χ2v) is 3.53. The summed E-state index contributed by atoms with van der Waals surface area (Å²) in [5.74, 6) is -0.176. The van der Waals surface area contributed by atoms with Crippen LogP contribution in [0.15, 0.2) is 42.6 Å². The highest BCUT2D eigenvalue weighted by molar-refractivity contribution is 6.30. The van der Waals surface area contributed by atoms with Crippen molar-refractivity contribution in [3.63, 3.8) is 0 Å². The first-order valence-corrected chi connectivity index (χ1v) is 5.12. The quantitative estimate of drug-likeness (QED) is 0.763. The molecule has 1 heterocycles. The molecule has 0 N–H and O–H groups in total. The lowest BCUT2D eigenvalue weighted by Gasteiger charge is -2.07. The first-order chi connectivity index (χ1) is 7.77. The van der Waals surface area contributed by atoms with Crippen LogP contribution in [0.5, 0.6) is 5.75 Å². The third-order valence-electron chi connectivity index (χ3n) is 2.06. The lowest BCUT2D eigenvalue weighted by atomic mass is 10.3. The molecule has 2 aromatic rings. The van der Waals surface area contributed by atoms with Crippen LogP contribution < -0.4 is 4.74 Å². The molecule has 0 saturated heterocycles. The van der Waals surface area contributed by atoms with Crippen LogP contribution >= 0.6 is 11.6 Å². The minimum absolute atomic E-state index is 0.202. The molecule has 0 aliphatic heterocycles. The van der Waals surface area contributed by atoms with Gasteiger partial charge in [0.1, 0.15) is 11.8 Å². The number of para-hydroxylation sites is 1. The van der Waals surface area contributed by atoms with Crippen molar-refractivity contribution in [2.45, 2.75) is 6.61 Å².